The molecule has 1 aromatic rings. The van der Waals surface area contributed by atoms with Crippen LogP contribution in [0.5, 0.6) is 0 Å². The van der Waals surface area contributed by atoms with Crippen LogP contribution in [0.3, 0.4) is 0 Å². The highest BCUT2D eigenvalue weighted by Gasteiger charge is 2.02. The fraction of sp³-hybridized carbons (Fsp3) is 0.400. The summed E-state index contributed by atoms with van der Waals surface area (Å²) in [5.41, 5.74) is 2.45. The van der Waals surface area contributed by atoms with Gasteiger partial charge in [-0.2, -0.15) is 0 Å². The van der Waals surface area contributed by atoms with Gasteiger partial charge in [-0.15, -0.1) is 0 Å². The van der Waals surface area contributed by atoms with Crippen molar-refractivity contribution in [2.24, 2.45) is 0 Å². The zero-order valence-electron chi connectivity index (χ0n) is 11.2. The number of carbonyl (C=O) groups is 1. The van der Waals surface area contributed by atoms with Crippen LogP contribution in [0.15, 0.2) is 46.1 Å². The third kappa shape index (κ3) is 6.50. The predicted molar refractivity (Wildman–Crippen MR) is 77.4 cm³/mol. The van der Waals surface area contributed by atoms with Gasteiger partial charge < -0.3 is 4.42 Å². The molecule has 0 radical (unpaired) electrons. The molecule has 0 saturated carbocycles. The van der Waals surface area contributed by atoms with E-state index >= 15 is 0 Å². The van der Waals surface area contributed by atoms with E-state index in [1.54, 1.807) is 12.3 Å². The monoisotopic (exact) mass is 264 g/mol. The lowest BCUT2D eigenvalue weighted by molar-refractivity contribution is -0.107. The molecule has 0 aliphatic rings. The maximum Gasteiger partial charge on any atom is 0.212 e. The van der Waals surface area contributed by atoms with Gasteiger partial charge in [-0.25, -0.2) is 0 Å². The van der Waals surface area contributed by atoms with E-state index in [4.69, 9.17) is 4.42 Å². The summed E-state index contributed by atoms with van der Waals surface area (Å²) < 4.78 is 5.18. The smallest absolute Gasteiger partial charge is 0.212 e. The number of thioether (sulfide) groups is 1. The summed E-state index contributed by atoms with van der Waals surface area (Å²) in [5.74, 6) is 1.44. The minimum atomic E-state index is 0.0982. The molecule has 0 aromatic carbocycles. The van der Waals surface area contributed by atoms with Gasteiger partial charge in [0.15, 0.2) is 0 Å². The summed E-state index contributed by atoms with van der Waals surface area (Å²) in [7, 11) is 0. The Morgan fingerprint density at radius 2 is 2.17 bits per heavy atom. The molecule has 2 nitrogen and oxygen atoms in total. The van der Waals surface area contributed by atoms with Crippen LogP contribution in [0.2, 0.25) is 0 Å². The lowest BCUT2D eigenvalue weighted by Crippen LogP contribution is -1.89. The maximum atomic E-state index is 11.7. The summed E-state index contributed by atoms with van der Waals surface area (Å²) in [6.45, 7) is 6.18. The van der Waals surface area contributed by atoms with Crippen LogP contribution in [0, 0.1) is 0 Å². The molecule has 1 aromatic heterocycles. The standard InChI is InChI=1S/C15H20O2S/c1-12(2)6-4-7-13(3)10-15(16)18-11-14-8-5-9-17-14/h5-6,8-10H,4,7,11H2,1-3H3/b13-10+. The number of hydrogen-bond donors (Lipinski definition) is 0. The quantitative estimate of drug-likeness (QED) is 0.549. The van der Waals surface area contributed by atoms with E-state index in [0.29, 0.717) is 5.75 Å². The van der Waals surface area contributed by atoms with Crippen molar-refractivity contribution in [3.8, 4) is 0 Å². The van der Waals surface area contributed by atoms with Gasteiger partial charge in [0, 0.05) is 0 Å². The summed E-state index contributed by atoms with van der Waals surface area (Å²) in [6.07, 6.45) is 7.49. The van der Waals surface area contributed by atoms with Gasteiger partial charge in [-0.05, 0) is 51.8 Å². The van der Waals surface area contributed by atoms with E-state index in [1.807, 2.05) is 19.1 Å². The summed E-state index contributed by atoms with van der Waals surface area (Å²) in [5, 5.41) is 0.0982. The molecule has 3 heteroatoms. The van der Waals surface area contributed by atoms with Crippen molar-refractivity contribution in [3.63, 3.8) is 0 Å². The summed E-state index contributed by atoms with van der Waals surface area (Å²) in [6, 6.07) is 3.71. The molecule has 0 unspecified atom stereocenters. The van der Waals surface area contributed by atoms with Crippen molar-refractivity contribution >= 4 is 16.9 Å². The molecule has 0 bridgehead atoms. The van der Waals surface area contributed by atoms with Crippen LogP contribution in [0.4, 0.5) is 0 Å². The Labute approximate surface area is 113 Å². The van der Waals surface area contributed by atoms with Crippen molar-refractivity contribution < 1.29 is 9.21 Å². The van der Waals surface area contributed by atoms with Gasteiger partial charge in [0.25, 0.3) is 0 Å². The molecule has 1 heterocycles. The molecule has 0 N–H and O–H groups in total. The first-order chi connectivity index (χ1) is 8.58. The Morgan fingerprint density at radius 3 is 2.78 bits per heavy atom. The fourth-order valence-corrected chi connectivity index (χ4v) is 2.17. The molecule has 0 aliphatic heterocycles. The average Bonchev–Trinajstić information content (AvgIpc) is 2.78. The lowest BCUT2D eigenvalue weighted by Gasteiger charge is -1.99. The summed E-state index contributed by atoms with van der Waals surface area (Å²) >= 11 is 1.28. The number of furan rings is 1. The SMILES string of the molecule is CC(C)=CCC/C(C)=C/C(=O)SCc1ccco1. The highest BCUT2D eigenvalue weighted by molar-refractivity contribution is 8.13. The molecule has 18 heavy (non-hydrogen) atoms. The number of allylic oxidation sites excluding steroid dienone is 3. The second kappa shape index (κ2) is 7.98. The largest absolute Gasteiger partial charge is 0.468 e. The number of carbonyl (C=O) groups excluding carboxylic acids is 1. The predicted octanol–water partition coefficient (Wildman–Crippen LogP) is 4.73. The zero-order chi connectivity index (χ0) is 13.4. The van der Waals surface area contributed by atoms with Gasteiger partial charge in [0.1, 0.15) is 5.76 Å². The maximum absolute atomic E-state index is 11.7. The zero-order valence-corrected chi connectivity index (χ0v) is 12.0. The topological polar surface area (TPSA) is 30.2 Å². The average molecular weight is 264 g/mol. The van der Waals surface area contributed by atoms with Crippen molar-refractivity contribution in [3.05, 3.63) is 47.5 Å². The first kappa shape index (κ1) is 14.8. The third-order valence-corrected chi connectivity index (χ3v) is 3.22. The van der Waals surface area contributed by atoms with E-state index in [-0.39, 0.29) is 5.12 Å². The highest BCUT2D eigenvalue weighted by atomic mass is 32.2. The van der Waals surface area contributed by atoms with Crippen molar-refractivity contribution in [2.75, 3.05) is 0 Å². The molecule has 0 saturated heterocycles. The first-order valence-corrected chi connectivity index (χ1v) is 7.06. The van der Waals surface area contributed by atoms with Crippen LogP contribution in [-0.4, -0.2) is 5.12 Å². The Hall–Kier alpha value is -1.22. The van der Waals surface area contributed by atoms with Crippen molar-refractivity contribution in [1.82, 2.24) is 0 Å². The lowest BCUT2D eigenvalue weighted by atomic mass is 10.1. The van der Waals surface area contributed by atoms with E-state index in [1.165, 1.54) is 17.3 Å². The minimum Gasteiger partial charge on any atom is -0.468 e. The van der Waals surface area contributed by atoms with E-state index < -0.39 is 0 Å². The first-order valence-electron chi connectivity index (χ1n) is 6.07. The van der Waals surface area contributed by atoms with E-state index in [2.05, 4.69) is 19.9 Å². The molecule has 0 fully saturated rings. The highest BCUT2D eigenvalue weighted by Crippen LogP contribution is 2.16. The van der Waals surface area contributed by atoms with Crippen LogP contribution < -0.4 is 0 Å². The summed E-state index contributed by atoms with van der Waals surface area (Å²) in [4.78, 5) is 11.7. The molecule has 98 valence electrons. The van der Waals surface area contributed by atoms with Crippen LogP contribution in [-0.2, 0) is 10.5 Å². The molecular formula is C15H20O2S. The molecule has 0 aliphatic carbocycles. The van der Waals surface area contributed by atoms with Crippen LogP contribution in [0.1, 0.15) is 39.4 Å². The fourth-order valence-electron chi connectivity index (χ4n) is 1.44. The molecule has 0 amide bonds. The Kier molecular flexibility index (Phi) is 6.58. The Balaban J connectivity index is 2.31. The molecule has 1 rings (SSSR count). The second-order valence-corrected chi connectivity index (χ2v) is 5.48. The van der Waals surface area contributed by atoms with Crippen molar-refractivity contribution in [1.29, 1.82) is 0 Å². The van der Waals surface area contributed by atoms with E-state index in [9.17, 15) is 4.79 Å². The van der Waals surface area contributed by atoms with E-state index in [0.717, 1.165) is 24.2 Å². The van der Waals surface area contributed by atoms with Crippen molar-refractivity contribution in [2.45, 2.75) is 39.4 Å². The Morgan fingerprint density at radius 1 is 1.39 bits per heavy atom. The van der Waals surface area contributed by atoms with Gasteiger partial charge in [-0.3, -0.25) is 4.79 Å². The van der Waals surface area contributed by atoms with Gasteiger partial charge in [0.05, 0.1) is 12.0 Å². The van der Waals surface area contributed by atoms with Gasteiger partial charge in [-0.1, -0.05) is 29.0 Å². The third-order valence-electron chi connectivity index (χ3n) is 2.39. The van der Waals surface area contributed by atoms with Gasteiger partial charge >= 0.3 is 0 Å². The molecule has 0 spiro atoms. The normalized spacial score (nSPS) is 11.4. The van der Waals surface area contributed by atoms with Crippen LogP contribution in [0.25, 0.3) is 0 Å². The molecule has 0 atom stereocenters. The number of rotatable bonds is 6. The Bertz CT molecular complexity index is 423. The second-order valence-electron chi connectivity index (χ2n) is 4.50. The van der Waals surface area contributed by atoms with Gasteiger partial charge in [0.2, 0.25) is 5.12 Å². The minimum absolute atomic E-state index is 0.0982. The van der Waals surface area contributed by atoms with Crippen LogP contribution >= 0.6 is 11.8 Å². The number of hydrogen-bond acceptors (Lipinski definition) is 3. The molecular weight excluding hydrogens is 244 g/mol.